The molecule has 0 spiro atoms. The Morgan fingerprint density at radius 2 is 1.38 bits per heavy atom. The Kier molecular flexibility index (Phi) is 8.74. The molecular weight excluding hydrogens is 286 g/mol. The fraction of sp³-hybridized carbons (Fsp3) is 0.889. The van der Waals surface area contributed by atoms with Crippen molar-refractivity contribution in [2.24, 2.45) is 0 Å². The second kappa shape index (κ2) is 8.68. The van der Waals surface area contributed by atoms with Crippen LogP contribution in [0, 0.1) is 0 Å². The van der Waals surface area contributed by atoms with Crippen molar-refractivity contribution in [2.75, 3.05) is 6.54 Å². The molecule has 0 aliphatic carbocycles. The molecule has 1 N–H and O–H groups in total. The predicted molar refractivity (Wildman–Crippen MR) is 105 cm³/mol. The number of nitrogens with one attached hydrogen (secondary N) is 1. The molecule has 0 heterocycles. The number of allylic oxidation sites excluding steroid dienone is 2. The summed E-state index contributed by atoms with van der Waals surface area (Å²) in [4.78, 5) is 4.17. The van der Waals surface area contributed by atoms with Crippen LogP contribution in [0.4, 0.5) is 0 Å². The first kappa shape index (κ1) is 21.1. The summed E-state index contributed by atoms with van der Waals surface area (Å²) in [5.74, 6) is 0. The van der Waals surface area contributed by atoms with Gasteiger partial charge in [-0.3, -0.25) is 0 Å². The van der Waals surface area contributed by atoms with E-state index >= 15 is 0 Å². The van der Waals surface area contributed by atoms with E-state index in [2.05, 4.69) is 80.3 Å². The van der Waals surface area contributed by atoms with E-state index in [1.165, 1.54) is 12.5 Å². The molecule has 0 amide bonds. The Hall–Kier alpha value is 0.134. The van der Waals surface area contributed by atoms with Gasteiger partial charge in [0.05, 0.1) is 7.59 Å². The normalized spacial score (nSPS) is 16.9. The molecule has 21 heavy (non-hydrogen) atoms. The molecule has 126 valence electrons. The minimum Gasteiger partial charge on any atom is -0.336 e. The molecule has 0 aliphatic rings. The summed E-state index contributed by atoms with van der Waals surface area (Å²) >= 11 is 0. The monoisotopic (exact) mass is 327 g/mol. The molecule has 1 nitrogen and oxygen atoms in total. The molecule has 0 bridgehead atoms. The number of hydrogen-bond donors (Lipinski definition) is 1. The van der Waals surface area contributed by atoms with Gasteiger partial charge in [0.15, 0.2) is 0 Å². The molecular formula is C18H41NSi2. The largest absolute Gasteiger partial charge is 0.336 e. The van der Waals surface area contributed by atoms with Crippen LogP contribution in [0.1, 0.15) is 75.7 Å². The summed E-state index contributed by atoms with van der Waals surface area (Å²) in [5, 5.41) is 1.72. The molecule has 0 radical (unpaired) electrons. The zero-order chi connectivity index (χ0) is 16.8. The van der Waals surface area contributed by atoms with Gasteiger partial charge in [0, 0.05) is 0 Å². The van der Waals surface area contributed by atoms with Gasteiger partial charge in [-0.1, -0.05) is 89.7 Å². The highest BCUT2D eigenvalue weighted by molar-refractivity contribution is 7.45. The summed E-state index contributed by atoms with van der Waals surface area (Å²) in [7, 11) is -3.09. The molecule has 1 atom stereocenters. The number of rotatable bonds is 9. The van der Waals surface area contributed by atoms with Crippen LogP contribution >= 0.6 is 0 Å². The molecule has 0 saturated carbocycles. The van der Waals surface area contributed by atoms with E-state index in [1.54, 1.807) is 5.20 Å². The molecule has 0 rings (SSSR count). The van der Waals surface area contributed by atoms with Crippen molar-refractivity contribution >= 4 is 15.3 Å². The Morgan fingerprint density at radius 3 is 1.62 bits per heavy atom. The van der Waals surface area contributed by atoms with E-state index in [0.717, 1.165) is 23.2 Å². The summed E-state index contributed by atoms with van der Waals surface area (Å²) < 4.78 is 0. The lowest BCUT2D eigenvalue weighted by Crippen LogP contribution is -2.76. The lowest BCUT2D eigenvalue weighted by atomic mass is 10.5. The van der Waals surface area contributed by atoms with Crippen LogP contribution in [-0.4, -0.2) is 21.9 Å². The van der Waals surface area contributed by atoms with Crippen molar-refractivity contribution in [3.63, 3.8) is 0 Å². The van der Waals surface area contributed by atoms with Gasteiger partial charge in [0.25, 0.3) is 0 Å². The van der Waals surface area contributed by atoms with Gasteiger partial charge in [-0.2, -0.15) is 0 Å². The van der Waals surface area contributed by atoms with Gasteiger partial charge in [0.2, 0.25) is 0 Å². The fourth-order valence-corrected chi connectivity index (χ4v) is 31.5. The first-order valence-corrected chi connectivity index (χ1v) is 14.5. The van der Waals surface area contributed by atoms with E-state index in [0.29, 0.717) is 0 Å². The highest BCUT2D eigenvalue weighted by atomic mass is 29.3. The SMILES string of the molecule is C/C=C(\C)[Si](CCC)(NCC)[Si](C(C)C)(C(C)C)C(C)C. The van der Waals surface area contributed by atoms with E-state index in [-0.39, 0.29) is 0 Å². The Balaban J connectivity index is 6.50. The minimum atomic E-state index is -1.62. The average Bonchev–Trinajstić information content (AvgIpc) is 2.37. The molecule has 0 aliphatic heterocycles. The summed E-state index contributed by atoms with van der Waals surface area (Å²) in [5.41, 5.74) is 2.51. The Labute approximate surface area is 136 Å². The van der Waals surface area contributed by atoms with Crippen molar-refractivity contribution in [1.82, 2.24) is 4.98 Å². The van der Waals surface area contributed by atoms with Crippen molar-refractivity contribution < 1.29 is 0 Å². The molecule has 0 saturated heterocycles. The zero-order valence-electron chi connectivity index (χ0n) is 16.4. The van der Waals surface area contributed by atoms with Gasteiger partial charge in [-0.25, -0.2) is 0 Å². The fourth-order valence-electron chi connectivity index (χ4n) is 5.54. The van der Waals surface area contributed by atoms with E-state index in [9.17, 15) is 0 Å². The maximum absolute atomic E-state index is 4.17. The van der Waals surface area contributed by atoms with E-state index in [4.69, 9.17) is 0 Å². The van der Waals surface area contributed by atoms with Crippen molar-refractivity contribution in [3.8, 4) is 0 Å². The van der Waals surface area contributed by atoms with Crippen LogP contribution < -0.4 is 4.98 Å². The maximum Gasteiger partial charge on any atom is 0.142 e. The second-order valence-corrected chi connectivity index (χ2v) is 21.5. The third-order valence-electron chi connectivity index (χ3n) is 5.81. The second-order valence-electron chi connectivity index (χ2n) is 7.55. The summed E-state index contributed by atoms with van der Waals surface area (Å²) in [6, 6.07) is 1.41. The zero-order valence-corrected chi connectivity index (χ0v) is 18.4. The maximum atomic E-state index is 4.17. The molecule has 3 heteroatoms. The van der Waals surface area contributed by atoms with Crippen molar-refractivity contribution in [2.45, 2.75) is 98.3 Å². The standard InChI is InChI=1S/C18H41NSi2/c1-11-14-20(19-13-3,18(10)12-2)21(15(4)5,16(6)7)17(8)9/h12,15-17,19H,11,13-14H2,1-10H3/b18-12+. The van der Waals surface area contributed by atoms with Gasteiger partial charge >= 0.3 is 0 Å². The van der Waals surface area contributed by atoms with Gasteiger partial charge in [-0.15, -0.1) is 0 Å². The smallest absolute Gasteiger partial charge is 0.142 e. The molecule has 0 fully saturated rings. The summed E-state index contributed by atoms with van der Waals surface area (Å²) in [6.07, 6.45) is 3.74. The van der Waals surface area contributed by atoms with Crippen molar-refractivity contribution in [3.05, 3.63) is 11.3 Å². The lowest BCUT2D eigenvalue weighted by Gasteiger charge is -2.56. The van der Waals surface area contributed by atoms with Crippen LogP contribution in [0.5, 0.6) is 0 Å². The average molecular weight is 328 g/mol. The third-order valence-corrected chi connectivity index (χ3v) is 29.0. The highest BCUT2D eigenvalue weighted by Gasteiger charge is 2.59. The predicted octanol–water partition coefficient (Wildman–Crippen LogP) is 6.21. The van der Waals surface area contributed by atoms with E-state index in [1.807, 2.05) is 0 Å². The molecule has 1 unspecified atom stereocenters. The van der Waals surface area contributed by atoms with Crippen LogP contribution in [0.2, 0.25) is 22.7 Å². The van der Waals surface area contributed by atoms with Gasteiger partial charge in [0.1, 0.15) is 7.75 Å². The first-order valence-electron chi connectivity index (χ1n) is 9.07. The Morgan fingerprint density at radius 1 is 0.952 bits per heavy atom. The van der Waals surface area contributed by atoms with Crippen LogP contribution in [-0.2, 0) is 0 Å². The first-order chi connectivity index (χ1) is 9.68. The van der Waals surface area contributed by atoms with Gasteiger partial charge < -0.3 is 4.98 Å². The third kappa shape index (κ3) is 3.56. The molecule has 0 aromatic rings. The van der Waals surface area contributed by atoms with Crippen molar-refractivity contribution in [1.29, 1.82) is 0 Å². The molecule has 0 aromatic heterocycles. The highest BCUT2D eigenvalue weighted by Crippen LogP contribution is 2.50. The number of hydrogen-bond acceptors (Lipinski definition) is 1. The topological polar surface area (TPSA) is 12.0 Å². The molecule has 0 aromatic carbocycles. The van der Waals surface area contributed by atoms with E-state index < -0.39 is 15.3 Å². The van der Waals surface area contributed by atoms with Crippen LogP contribution in [0.15, 0.2) is 11.3 Å². The minimum absolute atomic E-state index is 0.838. The quantitative estimate of drug-likeness (QED) is 0.496. The summed E-state index contributed by atoms with van der Waals surface area (Å²) in [6.45, 7) is 25.6. The van der Waals surface area contributed by atoms with Gasteiger partial charge in [-0.05, 0) is 26.4 Å². The Bertz CT molecular complexity index is 304. The van der Waals surface area contributed by atoms with Crippen LogP contribution in [0.3, 0.4) is 0 Å². The lowest BCUT2D eigenvalue weighted by molar-refractivity contribution is 0.819. The van der Waals surface area contributed by atoms with Crippen LogP contribution in [0.25, 0.3) is 0 Å².